The summed E-state index contributed by atoms with van der Waals surface area (Å²) >= 11 is 1.44. The van der Waals surface area contributed by atoms with E-state index in [0.29, 0.717) is 30.5 Å². The quantitative estimate of drug-likeness (QED) is 0.783. The summed E-state index contributed by atoms with van der Waals surface area (Å²) in [5.41, 5.74) is 1.35. The number of hydrogen-bond acceptors (Lipinski definition) is 5. The van der Waals surface area contributed by atoms with Crippen LogP contribution in [0.3, 0.4) is 0 Å². The van der Waals surface area contributed by atoms with Gasteiger partial charge in [-0.3, -0.25) is 4.79 Å². The number of amides is 1. The maximum absolute atomic E-state index is 12.1. The van der Waals surface area contributed by atoms with Gasteiger partial charge in [-0.05, 0) is 30.5 Å². The van der Waals surface area contributed by atoms with Crippen LogP contribution < -0.4 is 14.8 Å². The lowest BCUT2D eigenvalue weighted by Gasteiger charge is -2.10. The van der Waals surface area contributed by atoms with Crippen LogP contribution in [-0.4, -0.2) is 31.2 Å². The van der Waals surface area contributed by atoms with Crippen molar-refractivity contribution >= 4 is 17.2 Å². The van der Waals surface area contributed by atoms with E-state index in [0.717, 1.165) is 22.7 Å². The molecule has 0 aliphatic rings. The Hall–Kier alpha value is -2.08. The van der Waals surface area contributed by atoms with E-state index in [2.05, 4.69) is 31.1 Å². The number of ether oxygens (including phenoxy) is 2. The first-order valence-corrected chi connectivity index (χ1v) is 8.98. The number of rotatable bonds is 8. The Bertz CT molecular complexity index is 683. The molecule has 2 rings (SSSR count). The second-order valence-electron chi connectivity index (χ2n) is 5.86. The second kappa shape index (κ2) is 8.68. The standard InChI is InChI=1S/C18H24N2O3S/c1-5-8-23-15-7-6-13(9-16(15)22-4)18-20-14(11-24-18)17(21)19-10-12(2)3/h6-7,9,11-12H,5,8,10H2,1-4H3,(H,19,21). The van der Waals surface area contributed by atoms with Gasteiger partial charge in [0.15, 0.2) is 11.5 Å². The normalized spacial score (nSPS) is 10.7. The van der Waals surface area contributed by atoms with E-state index in [9.17, 15) is 4.79 Å². The first-order chi connectivity index (χ1) is 11.5. The molecule has 0 atom stereocenters. The number of methoxy groups -OCH3 is 1. The van der Waals surface area contributed by atoms with Crippen LogP contribution in [0.15, 0.2) is 23.6 Å². The Kier molecular flexibility index (Phi) is 6.61. The Labute approximate surface area is 147 Å². The fraction of sp³-hybridized carbons (Fsp3) is 0.444. The zero-order chi connectivity index (χ0) is 17.5. The van der Waals surface area contributed by atoms with Gasteiger partial charge in [0.05, 0.1) is 13.7 Å². The third kappa shape index (κ3) is 4.71. The predicted molar refractivity (Wildman–Crippen MR) is 97.1 cm³/mol. The maximum Gasteiger partial charge on any atom is 0.270 e. The van der Waals surface area contributed by atoms with E-state index in [4.69, 9.17) is 9.47 Å². The molecule has 6 heteroatoms. The highest BCUT2D eigenvalue weighted by atomic mass is 32.1. The molecule has 1 heterocycles. The molecule has 1 aromatic carbocycles. The van der Waals surface area contributed by atoms with Crippen molar-refractivity contribution in [3.8, 4) is 22.1 Å². The second-order valence-corrected chi connectivity index (χ2v) is 6.71. The Morgan fingerprint density at radius 2 is 2.12 bits per heavy atom. The number of nitrogens with one attached hydrogen (secondary N) is 1. The number of hydrogen-bond donors (Lipinski definition) is 1. The van der Waals surface area contributed by atoms with E-state index in [-0.39, 0.29) is 5.91 Å². The molecule has 2 aromatic rings. The van der Waals surface area contributed by atoms with Crippen molar-refractivity contribution < 1.29 is 14.3 Å². The highest BCUT2D eigenvalue weighted by Gasteiger charge is 2.14. The van der Waals surface area contributed by atoms with Gasteiger partial charge >= 0.3 is 0 Å². The zero-order valence-corrected chi connectivity index (χ0v) is 15.4. The van der Waals surface area contributed by atoms with Crippen molar-refractivity contribution in [3.05, 3.63) is 29.3 Å². The molecule has 0 saturated carbocycles. The molecule has 0 saturated heterocycles. The molecule has 1 amide bonds. The van der Waals surface area contributed by atoms with E-state index in [1.54, 1.807) is 12.5 Å². The minimum atomic E-state index is -0.138. The summed E-state index contributed by atoms with van der Waals surface area (Å²) in [4.78, 5) is 16.5. The average Bonchev–Trinajstić information content (AvgIpc) is 3.07. The fourth-order valence-electron chi connectivity index (χ4n) is 2.03. The molecule has 0 unspecified atom stereocenters. The van der Waals surface area contributed by atoms with Crippen LogP contribution in [0.4, 0.5) is 0 Å². The van der Waals surface area contributed by atoms with Crippen LogP contribution in [0.25, 0.3) is 10.6 Å². The molecule has 0 aliphatic heterocycles. The average molecular weight is 348 g/mol. The molecule has 1 N–H and O–H groups in total. The van der Waals surface area contributed by atoms with Gasteiger partial charge in [-0.1, -0.05) is 20.8 Å². The summed E-state index contributed by atoms with van der Waals surface area (Å²) in [5, 5.41) is 5.44. The molecule has 0 fully saturated rings. The van der Waals surface area contributed by atoms with E-state index < -0.39 is 0 Å². The smallest absolute Gasteiger partial charge is 0.270 e. The van der Waals surface area contributed by atoms with Crippen molar-refractivity contribution in [3.63, 3.8) is 0 Å². The predicted octanol–water partition coefficient (Wildman–Crippen LogP) is 3.99. The molecule has 0 spiro atoms. The minimum Gasteiger partial charge on any atom is -0.493 e. The summed E-state index contributed by atoms with van der Waals surface area (Å²) in [6.07, 6.45) is 0.937. The van der Waals surface area contributed by atoms with Crippen molar-refractivity contribution in [2.24, 2.45) is 5.92 Å². The largest absolute Gasteiger partial charge is 0.493 e. The molecule has 24 heavy (non-hydrogen) atoms. The first-order valence-electron chi connectivity index (χ1n) is 8.10. The summed E-state index contributed by atoms with van der Waals surface area (Å²) in [6, 6.07) is 5.70. The van der Waals surface area contributed by atoms with Gasteiger partial charge in [-0.2, -0.15) is 0 Å². The van der Waals surface area contributed by atoms with Gasteiger partial charge in [0.2, 0.25) is 0 Å². The lowest BCUT2D eigenvalue weighted by Crippen LogP contribution is -2.27. The molecular formula is C18H24N2O3S. The van der Waals surface area contributed by atoms with Crippen molar-refractivity contribution in [1.82, 2.24) is 10.3 Å². The summed E-state index contributed by atoms with van der Waals surface area (Å²) in [5.74, 6) is 1.66. The summed E-state index contributed by atoms with van der Waals surface area (Å²) in [6.45, 7) is 7.46. The van der Waals surface area contributed by atoms with Crippen molar-refractivity contribution in [2.75, 3.05) is 20.3 Å². The lowest BCUT2D eigenvalue weighted by atomic mass is 10.2. The SMILES string of the molecule is CCCOc1ccc(-c2nc(C(=O)NCC(C)C)cs2)cc1OC. The fourth-order valence-corrected chi connectivity index (χ4v) is 2.83. The highest BCUT2D eigenvalue weighted by molar-refractivity contribution is 7.13. The molecule has 0 aliphatic carbocycles. The van der Waals surface area contributed by atoms with Gasteiger partial charge in [0, 0.05) is 17.5 Å². The summed E-state index contributed by atoms with van der Waals surface area (Å²) in [7, 11) is 1.62. The number of benzene rings is 1. The van der Waals surface area contributed by atoms with E-state index >= 15 is 0 Å². The van der Waals surface area contributed by atoms with Gasteiger partial charge < -0.3 is 14.8 Å². The number of aromatic nitrogens is 1. The van der Waals surface area contributed by atoms with Crippen LogP contribution in [0.2, 0.25) is 0 Å². The Morgan fingerprint density at radius 1 is 1.33 bits per heavy atom. The molecule has 130 valence electrons. The van der Waals surface area contributed by atoms with Crippen LogP contribution in [0.5, 0.6) is 11.5 Å². The third-order valence-corrected chi connectivity index (χ3v) is 4.17. The topological polar surface area (TPSA) is 60.5 Å². The van der Waals surface area contributed by atoms with Gasteiger partial charge in [0.25, 0.3) is 5.91 Å². The first kappa shape index (κ1) is 18.3. The van der Waals surface area contributed by atoms with E-state index in [1.165, 1.54) is 11.3 Å². The van der Waals surface area contributed by atoms with Gasteiger partial charge in [-0.25, -0.2) is 4.98 Å². The molecule has 1 aromatic heterocycles. The molecular weight excluding hydrogens is 324 g/mol. The maximum atomic E-state index is 12.1. The van der Waals surface area contributed by atoms with Crippen LogP contribution in [0, 0.1) is 5.92 Å². The molecule has 0 radical (unpaired) electrons. The molecule has 5 nitrogen and oxygen atoms in total. The van der Waals surface area contributed by atoms with Crippen LogP contribution in [-0.2, 0) is 0 Å². The Balaban J connectivity index is 2.15. The van der Waals surface area contributed by atoms with Crippen molar-refractivity contribution in [1.29, 1.82) is 0 Å². The highest BCUT2D eigenvalue weighted by Crippen LogP contribution is 2.33. The van der Waals surface area contributed by atoms with Gasteiger partial charge in [0.1, 0.15) is 10.7 Å². The van der Waals surface area contributed by atoms with Crippen molar-refractivity contribution in [2.45, 2.75) is 27.2 Å². The van der Waals surface area contributed by atoms with Crippen LogP contribution >= 0.6 is 11.3 Å². The minimum absolute atomic E-state index is 0.138. The van der Waals surface area contributed by atoms with Gasteiger partial charge in [-0.15, -0.1) is 11.3 Å². The zero-order valence-electron chi connectivity index (χ0n) is 14.6. The lowest BCUT2D eigenvalue weighted by molar-refractivity contribution is 0.0945. The molecule has 0 bridgehead atoms. The monoisotopic (exact) mass is 348 g/mol. The number of nitrogens with zero attached hydrogens (tertiary/aromatic N) is 1. The number of carbonyl (C=O) groups is 1. The van der Waals surface area contributed by atoms with Crippen LogP contribution in [0.1, 0.15) is 37.7 Å². The third-order valence-electron chi connectivity index (χ3n) is 3.28. The number of thiazole rings is 1. The summed E-state index contributed by atoms with van der Waals surface area (Å²) < 4.78 is 11.1. The van der Waals surface area contributed by atoms with E-state index in [1.807, 2.05) is 18.2 Å². The Morgan fingerprint density at radius 3 is 2.79 bits per heavy atom. The number of carbonyl (C=O) groups excluding carboxylic acids is 1.